The first kappa shape index (κ1) is 13.6. The molecule has 1 aromatic heterocycles. The fraction of sp³-hybridized carbons (Fsp3) is 0.643. The maximum atomic E-state index is 10.6. The third-order valence-corrected chi connectivity index (χ3v) is 4.78. The summed E-state index contributed by atoms with van der Waals surface area (Å²) in [5.74, 6) is 0.00876. The Morgan fingerprint density at radius 2 is 2.11 bits per heavy atom. The van der Waals surface area contributed by atoms with E-state index in [1.165, 1.54) is 30.6 Å². The van der Waals surface area contributed by atoms with Crippen LogP contribution in [-0.2, 0) is 17.8 Å². The van der Waals surface area contributed by atoms with Crippen LogP contribution in [0.4, 0.5) is 0 Å². The second kappa shape index (κ2) is 6.34. The molecule has 2 rings (SSSR count). The van der Waals surface area contributed by atoms with Gasteiger partial charge in [-0.15, -0.1) is 11.3 Å². The SMILES string of the molecule is CC1CCCCC1NCc1ccc(CC(=O)O)s1. The van der Waals surface area contributed by atoms with Gasteiger partial charge in [-0.2, -0.15) is 0 Å². The second-order valence-corrected chi connectivity index (χ2v) is 6.44. The quantitative estimate of drug-likeness (QED) is 0.862. The summed E-state index contributed by atoms with van der Waals surface area (Å²) in [4.78, 5) is 12.8. The minimum atomic E-state index is -0.753. The van der Waals surface area contributed by atoms with E-state index in [9.17, 15) is 4.79 Å². The lowest BCUT2D eigenvalue weighted by Gasteiger charge is -2.29. The molecule has 0 amide bonds. The Bertz CT molecular complexity index is 402. The van der Waals surface area contributed by atoms with Gasteiger partial charge >= 0.3 is 5.97 Å². The first-order valence-corrected chi connectivity index (χ1v) is 7.49. The number of hydrogen-bond donors (Lipinski definition) is 2. The molecule has 0 spiro atoms. The molecule has 1 aromatic rings. The van der Waals surface area contributed by atoms with Gasteiger partial charge in [-0.25, -0.2) is 0 Å². The van der Waals surface area contributed by atoms with Crippen molar-refractivity contribution in [1.29, 1.82) is 0 Å². The first-order valence-electron chi connectivity index (χ1n) is 6.68. The van der Waals surface area contributed by atoms with E-state index < -0.39 is 5.97 Å². The summed E-state index contributed by atoms with van der Waals surface area (Å²) < 4.78 is 0. The number of nitrogens with one attached hydrogen (secondary N) is 1. The van der Waals surface area contributed by atoms with Crippen molar-refractivity contribution < 1.29 is 9.90 Å². The third kappa shape index (κ3) is 3.82. The molecule has 100 valence electrons. The highest BCUT2D eigenvalue weighted by molar-refractivity contribution is 7.12. The number of hydrogen-bond acceptors (Lipinski definition) is 3. The van der Waals surface area contributed by atoms with E-state index >= 15 is 0 Å². The normalized spacial score (nSPS) is 24.1. The highest BCUT2D eigenvalue weighted by atomic mass is 32.1. The van der Waals surface area contributed by atoms with Gasteiger partial charge in [0.2, 0.25) is 0 Å². The van der Waals surface area contributed by atoms with Crippen molar-refractivity contribution in [2.75, 3.05) is 0 Å². The van der Waals surface area contributed by atoms with Gasteiger partial charge in [0.25, 0.3) is 0 Å². The van der Waals surface area contributed by atoms with Crippen molar-refractivity contribution in [3.8, 4) is 0 Å². The Kier molecular flexibility index (Phi) is 4.78. The average Bonchev–Trinajstić information content (AvgIpc) is 2.75. The maximum absolute atomic E-state index is 10.6. The summed E-state index contributed by atoms with van der Waals surface area (Å²) >= 11 is 1.61. The lowest BCUT2D eigenvalue weighted by Crippen LogP contribution is -2.36. The number of carboxylic acid groups (broad SMARTS) is 1. The zero-order chi connectivity index (χ0) is 13.0. The van der Waals surface area contributed by atoms with Gasteiger partial charge < -0.3 is 10.4 Å². The second-order valence-electron chi connectivity index (χ2n) is 5.19. The smallest absolute Gasteiger partial charge is 0.308 e. The fourth-order valence-electron chi connectivity index (χ4n) is 2.61. The van der Waals surface area contributed by atoms with Crippen molar-refractivity contribution in [1.82, 2.24) is 5.32 Å². The average molecular weight is 267 g/mol. The minimum absolute atomic E-state index is 0.143. The molecule has 4 heteroatoms. The van der Waals surface area contributed by atoms with Gasteiger partial charge in [-0.3, -0.25) is 4.79 Å². The van der Waals surface area contributed by atoms with Crippen LogP contribution in [0.2, 0.25) is 0 Å². The van der Waals surface area contributed by atoms with E-state index in [4.69, 9.17) is 5.11 Å². The largest absolute Gasteiger partial charge is 0.481 e. The number of thiophene rings is 1. The molecule has 0 bridgehead atoms. The van der Waals surface area contributed by atoms with Gasteiger partial charge in [0.05, 0.1) is 6.42 Å². The van der Waals surface area contributed by atoms with Crippen LogP contribution in [0.3, 0.4) is 0 Å². The molecule has 2 atom stereocenters. The summed E-state index contributed by atoms with van der Waals surface area (Å²) in [5.41, 5.74) is 0. The number of carboxylic acids is 1. The molecule has 1 saturated carbocycles. The number of rotatable bonds is 5. The van der Waals surface area contributed by atoms with E-state index in [1.54, 1.807) is 11.3 Å². The Morgan fingerprint density at radius 3 is 2.83 bits per heavy atom. The molecule has 0 aromatic carbocycles. The van der Waals surface area contributed by atoms with Gasteiger partial charge in [-0.1, -0.05) is 19.8 Å². The molecule has 0 radical (unpaired) electrons. The third-order valence-electron chi connectivity index (χ3n) is 3.69. The maximum Gasteiger partial charge on any atom is 0.308 e. The molecule has 0 aliphatic heterocycles. The van der Waals surface area contributed by atoms with Crippen molar-refractivity contribution >= 4 is 17.3 Å². The lowest BCUT2D eigenvalue weighted by atomic mass is 9.86. The zero-order valence-corrected chi connectivity index (χ0v) is 11.6. The van der Waals surface area contributed by atoms with Crippen molar-refractivity contribution in [3.63, 3.8) is 0 Å². The van der Waals surface area contributed by atoms with E-state index in [0.717, 1.165) is 17.3 Å². The highest BCUT2D eigenvalue weighted by Gasteiger charge is 2.20. The van der Waals surface area contributed by atoms with E-state index in [1.807, 2.05) is 12.1 Å². The minimum Gasteiger partial charge on any atom is -0.481 e. The molecule has 1 aliphatic rings. The van der Waals surface area contributed by atoms with Crippen LogP contribution in [0.1, 0.15) is 42.4 Å². The highest BCUT2D eigenvalue weighted by Crippen LogP contribution is 2.24. The standard InChI is InChI=1S/C14H21NO2S/c1-10-4-2-3-5-13(10)15-9-12-7-6-11(18-12)8-14(16)17/h6-7,10,13,15H,2-5,8-9H2,1H3,(H,16,17). The van der Waals surface area contributed by atoms with Crippen molar-refractivity contribution in [2.45, 2.75) is 51.6 Å². The van der Waals surface area contributed by atoms with E-state index in [0.29, 0.717) is 6.04 Å². The van der Waals surface area contributed by atoms with Crippen LogP contribution >= 0.6 is 11.3 Å². The van der Waals surface area contributed by atoms with Crippen molar-refractivity contribution in [3.05, 3.63) is 21.9 Å². The summed E-state index contributed by atoms with van der Waals surface area (Å²) in [7, 11) is 0. The number of aliphatic carboxylic acids is 1. The van der Waals surface area contributed by atoms with Gasteiger partial charge in [-0.05, 0) is 30.9 Å². The summed E-state index contributed by atoms with van der Waals surface area (Å²) in [6.45, 7) is 3.19. The zero-order valence-electron chi connectivity index (χ0n) is 10.8. The van der Waals surface area contributed by atoms with Crippen LogP contribution < -0.4 is 5.32 Å². The van der Waals surface area contributed by atoms with Crippen LogP contribution in [0.25, 0.3) is 0 Å². The van der Waals surface area contributed by atoms with Gasteiger partial charge in [0, 0.05) is 22.3 Å². The number of carbonyl (C=O) groups is 1. The molecule has 3 nitrogen and oxygen atoms in total. The van der Waals surface area contributed by atoms with E-state index in [-0.39, 0.29) is 6.42 Å². The molecular formula is C14H21NO2S. The molecule has 2 unspecified atom stereocenters. The molecular weight excluding hydrogens is 246 g/mol. The summed E-state index contributed by atoms with van der Waals surface area (Å²) in [5, 5.41) is 12.4. The Balaban J connectivity index is 1.82. The van der Waals surface area contributed by atoms with Crippen LogP contribution in [0, 0.1) is 5.92 Å². The van der Waals surface area contributed by atoms with Crippen LogP contribution in [0.15, 0.2) is 12.1 Å². The van der Waals surface area contributed by atoms with E-state index in [2.05, 4.69) is 12.2 Å². The first-order chi connectivity index (χ1) is 8.65. The lowest BCUT2D eigenvalue weighted by molar-refractivity contribution is -0.136. The Labute approximate surface area is 112 Å². The topological polar surface area (TPSA) is 49.3 Å². The predicted molar refractivity (Wildman–Crippen MR) is 73.9 cm³/mol. The van der Waals surface area contributed by atoms with Gasteiger partial charge in [0.15, 0.2) is 0 Å². The molecule has 2 N–H and O–H groups in total. The monoisotopic (exact) mass is 267 g/mol. The van der Waals surface area contributed by atoms with Crippen LogP contribution in [-0.4, -0.2) is 17.1 Å². The Hall–Kier alpha value is -0.870. The Morgan fingerprint density at radius 1 is 1.39 bits per heavy atom. The van der Waals surface area contributed by atoms with Crippen LogP contribution in [0.5, 0.6) is 0 Å². The van der Waals surface area contributed by atoms with Crippen molar-refractivity contribution in [2.24, 2.45) is 5.92 Å². The van der Waals surface area contributed by atoms with Gasteiger partial charge in [0.1, 0.15) is 0 Å². The molecule has 1 fully saturated rings. The summed E-state index contributed by atoms with van der Waals surface area (Å²) in [6, 6.07) is 4.60. The molecule has 0 saturated heterocycles. The predicted octanol–water partition coefficient (Wildman–Crippen LogP) is 3.04. The molecule has 1 heterocycles. The molecule has 18 heavy (non-hydrogen) atoms. The fourth-order valence-corrected chi connectivity index (χ4v) is 3.57. The summed E-state index contributed by atoms with van der Waals surface area (Å²) in [6.07, 6.45) is 5.43. The molecule has 1 aliphatic carbocycles.